The van der Waals surface area contributed by atoms with Gasteiger partial charge in [0.15, 0.2) is 5.69 Å². The fourth-order valence-electron chi connectivity index (χ4n) is 3.22. The van der Waals surface area contributed by atoms with Gasteiger partial charge in [-0.25, -0.2) is 0 Å². The molecule has 4 rings (SSSR count). The molecule has 0 aliphatic heterocycles. The number of hydrogen-bond donors (Lipinski definition) is 1. The first-order valence-electron chi connectivity index (χ1n) is 9.19. The molecule has 1 amide bonds. The SMILES string of the molecule is Cc1oc2ccc(OCc3cccnc3C(F)(F)F)cc2c1C(=O)Nc1cnn(C)c1. The number of amides is 1. The van der Waals surface area contributed by atoms with Gasteiger partial charge in [-0.05, 0) is 31.2 Å². The number of anilines is 1. The van der Waals surface area contributed by atoms with E-state index in [1.807, 2.05) is 0 Å². The Morgan fingerprint density at radius 2 is 2.10 bits per heavy atom. The Balaban J connectivity index is 1.60. The topological polar surface area (TPSA) is 82.2 Å². The fraction of sp³-hybridized carbons (Fsp3) is 0.190. The number of ether oxygens (including phenoxy) is 1. The van der Waals surface area contributed by atoms with Gasteiger partial charge < -0.3 is 14.5 Å². The lowest BCUT2D eigenvalue weighted by Gasteiger charge is -2.12. The summed E-state index contributed by atoms with van der Waals surface area (Å²) in [5.74, 6) is 0.300. The number of hydrogen-bond acceptors (Lipinski definition) is 5. The minimum absolute atomic E-state index is 0.0898. The fourth-order valence-corrected chi connectivity index (χ4v) is 3.22. The molecule has 3 aromatic heterocycles. The van der Waals surface area contributed by atoms with Crippen molar-refractivity contribution in [2.24, 2.45) is 7.05 Å². The van der Waals surface area contributed by atoms with E-state index in [0.29, 0.717) is 33.7 Å². The van der Waals surface area contributed by atoms with E-state index in [1.165, 1.54) is 18.3 Å². The third-order valence-electron chi connectivity index (χ3n) is 4.58. The zero-order chi connectivity index (χ0) is 22.2. The largest absolute Gasteiger partial charge is 0.489 e. The molecule has 0 fully saturated rings. The number of nitrogens with zero attached hydrogens (tertiary/aromatic N) is 3. The first kappa shape index (κ1) is 20.5. The van der Waals surface area contributed by atoms with Crippen LogP contribution in [0.25, 0.3) is 11.0 Å². The highest BCUT2D eigenvalue weighted by Gasteiger charge is 2.35. The van der Waals surface area contributed by atoms with Crippen molar-refractivity contribution in [3.8, 4) is 5.75 Å². The van der Waals surface area contributed by atoms with Crippen LogP contribution in [-0.2, 0) is 19.8 Å². The summed E-state index contributed by atoms with van der Waals surface area (Å²) in [5, 5.41) is 7.23. The Labute approximate surface area is 174 Å². The molecule has 0 spiro atoms. The molecule has 0 unspecified atom stereocenters. The standard InChI is InChI=1S/C21H17F3N4O3/c1-12-18(20(29)27-14-9-26-28(2)10-14)16-8-15(5-6-17(16)31-12)30-11-13-4-3-7-25-19(13)21(22,23)24/h3-10H,11H2,1-2H3,(H,27,29). The number of furan rings is 1. The maximum Gasteiger partial charge on any atom is 0.433 e. The number of fused-ring (bicyclic) bond motifs is 1. The Morgan fingerprint density at radius 1 is 1.29 bits per heavy atom. The van der Waals surface area contributed by atoms with Gasteiger partial charge >= 0.3 is 6.18 Å². The van der Waals surface area contributed by atoms with Gasteiger partial charge in [-0.15, -0.1) is 0 Å². The molecular weight excluding hydrogens is 413 g/mol. The third-order valence-corrected chi connectivity index (χ3v) is 4.58. The molecule has 0 radical (unpaired) electrons. The smallest absolute Gasteiger partial charge is 0.433 e. The normalized spacial score (nSPS) is 11.6. The van der Waals surface area contributed by atoms with Crippen molar-refractivity contribution in [1.82, 2.24) is 14.8 Å². The van der Waals surface area contributed by atoms with E-state index < -0.39 is 17.8 Å². The predicted molar refractivity (Wildman–Crippen MR) is 106 cm³/mol. The number of rotatable bonds is 5. The molecule has 1 aromatic carbocycles. The van der Waals surface area contributed by atoms with E-state index in [0.717, 1.165) is 6.20 Å². The van der Waals surface area contributed by atoms with Crippen LogP contribution in [0.4, 0.5) is 18.9 Å². The van der Waals surface area contributed by atoms with Crippen molar-refractivity contribution < 1.29 is 27.1 Å². The maximum absolute atomic E-state index is 13.1. The molecule has 0 aliphatic rings. The van der Waals surface area contributed by atoms with E-state index in [4.69, 9.17) is 9.15 Å². The minimum atomic E-state index is -4.58. The first-order chi connectivity index (χ1) is 14.7. The summed E-state index contributed by atoms with van der Waals surface area (Å²) in [7, 11) is 1.73. The highest BCUT2D eigenvalue weighted by molar-refractivity contribution is 6.13. The van der Waals surface area contributed by atoms with Gasteiger partial charge in [0, 0.05) is 30.4 Å². The molecule has 160 valence electrons. The number of benzene rings is 1. The molecular formula is C21H17F3N4O3. The zero-order valence-corrected chi connectivity index (χ0v) is 16.5. The van der Waals surface area contributed by atoms with Gasteiger partial charge in [-0.3, -0.25) is 14.5 Å². The number of aromatic nitrogens is 3. The van der Waals surface area contributed by atoms with Gasteiger partial charge in [-0.1, -0.05) is 6.07 Å². The van der Waals surface area contributed by atoms with Crippen molar-refractivity contribution in [2.75, 3.05) is 5.32 Å². The van der Waals surface area contributed by atoms with Crippen molar-refractivity contribution in [2.45, 2.75) is 19.7 Å². The number of carbonyl (C=O) groups excluding carboxylic acids is 1. The number of nitrogens with one attached hydrogen (secondary N) is 1. The Bertz CT molecular complexity index is 1260. The van der Waals surface area contributed by atoms with Gasteiger partial charge in [-0.2, -0.15) is 18.3 Å². The van der Waals surface area contributed by atoms with Crippen LogP contribution in [0.2, 0.25) is 0 Å². The lowest BCUT2D eigenvalue weighted by Crippen LogP contribution is -2.13. The molecule has 0 saturated carbocycles. The summed E-state index contributed by atoms with van der Waals surface area (Å²) in [6.45, 7) is 1.33. The molecule has 0 bridgehead atoms. The van der Waals surface area contributed by atoms with E-state index in [-0.39, 0.29) is 12.2 Å². The van der Waals surface area contributed by atoms with Crippen LogP contribution < -0.4 is 10.1 Å². The van der Waals surface area contributed by atoms with E-state index in [9.17, 15) is 18.0 Å². The summed E-state index contributed by atoms with van der Waals surface area (Å²) in [4.78, 5) is 16.2. The van der Waals surface area contributed by atoms with Gasteiger partial charge in [0.1, 0.15) is 23.7 Å². The van der Waals surface area contributed by atoms with Gasteiger partial charge in [0.25, 0.3) is 5.91 Å². The lowest BCUT2D eigenvalue weighted by atomic mass is 10.1. The molecule has 0 atom stereocenters. The number of halogens is 3. The molecule has 10 heteroatoms. The average molecular weight is 430 g/mol. The molecule has 7 nitrogen and oxygen atoms in total. The van der Waals surface area contributed by atoms with Crippen LogP contribution in [0.3, 0.4) is 0 Å². The highest BCUT2D eigenvalue weighted by Crippen LogP contribution is 2.32. The molecule has 4 aromatic rings. The number of pyridine rings is 1. The Hall–Kier alpha value is -3.82. The van der Waals surface area contributed by atoms with Crippen molar-refractivity contribution in [3.05, 3.63) is 71.5 Å². The lowest BCUT2D eigenvalue weighted by molar-refractivity contribution is -0.142. The minimum Gasteiger partial charge on any atom is -0.489 e. The van der Waals surface area contributed by atoms with E-state index in [2.05, 4.69) is 15.4 Å². The summed E-state index contributed by atoms with van der Waals surface area (Å²) >= 11 is 0. The molecule has 0 aliphatic carbocycles. The zero-order valence-electron chi connectivity index (χ0n) is 16.5. The van der Waals surface area contributed by atoms with Crippen LogP contribution >= 0.6 is 0 Å². The summed E-state index contributed by atoms with van der Waals surface area (Å²) in [6, 6.07) is 7.46. The van der Waals surface area contributed by atoms with Crippen LogP contribution in [0.1, 0.15) is 27.4 Å². The summed E-state index contributed by atoms with van der Waals surface area (Å²) in [5.41, 5.74) is 0.199. The van der Waals surface area contributed by atoms with Crippen molar-refractivity contribution in [3.63, 3.8) is 0 Å². The second-order valence-corrected chi connectivity index (χ2v) is 6.85. The summed E-state index contributed by atoms with van der Waals surface area (Å²) < 4.78 is 52.2. The molecule has 3 heterocycles. The van der Waals surface area contributed by atoms with E-state index in [1.54, 1.807) is 43.0 Å². The Kier molecular flexibility index (Phi) is 5.14. The maximum atomic E-state index is 13.1. The molecule has 0 saturated heterocycles. The Morgan fingerprint density at radius 3 is 2.81 bits per heavy atom. The first-order valence-corrected chi connectivity index (χ1v) is 9.19. The van der Waals surface area contributed by atoms with Crippen molar-refractivity contribution in [1.29, 1.82) is 0 Å². The number of alkyl halides is 3. The second kappa shape index (κ2) is 7.78. The van der Waals surface area contributed by atoms with Crippen LogP contribution in [0.15, 0.2) is 53.3 Å². The highest BCUT2D eigenvalue weighted by atomic mass is 19.4. The molecule has 31 heavy (non-hydrogen) atoms. The van der Waals surface area contributed by atoms with E-state index >= 15 is 0 Å². The molecule has 1 N–H and O–H groups in total. The van der Waals surface area contributed by atoms with Crippen molar-refractivity contribution >= 4 is 22.6 Å². The average Bonchev–Trinajstić information content (AvgIpc) is 3.27. The monoisotopic (exact) mass is 430 g/mol. The summed E-state index contributed by atoms with van der Waals surface area (Å²) in [6.07, 6.45) is -0.338. The van der Waals surface area contributed by atoms with Crippen LogP contribution in [-0.4, -0.2) is 20.7 Å². The second-order valence-electron chi connectivity index (χ2n) is 6.85. The van der Waals surface area contributed by atoms with Gasteiger partial charge in [0.05, 0.1) is 17.4 Å². The van der Waals surface area contributed by atoms with Crippen LogP contribution in [0.5, 0.6) is 5.75 Å². The number of aryl methyl sites for hydroxylation is 2. The predicted octanol–water partition coefficient (Wildman–Crippen LogP) is 4.72. The quantitative estimate of drug-likeness (QED) is 0.496. The van der Waals surface area contributed by atoms with Crippen LogP contribution in [0, 0.1) is 6.92 Å². The third kappa shape index (κ3) is 4.23. The number of carbonyl (C=O) groups is 1. The van der Waals surface area contributed by atoms with Gasteiger partial charge in [0.2, 0.25) is 0 Å².